The van der Waals surface area contributed by atoms with Gasteiger partial charge in [-0.15, -0.1) is 0 Å². The van der Waals surface area contributed by atoms with Crippen molar-refractivity contribution < 1.29 is 0 Å². The van der Waals surface area contributed by atoms with Gasteiger partial charge >= 0.3 is 0 Å². The molecule has 0 fully saturated rings. The van der Waals surface area contributed by atoms with Gasteiger partial charge in [-0.3, -0.25) is 0 Å². The van der Waals surface area contributed by atoms with Crippen LogP contribution in [0.1, 0.15) is 45.2 Å². The van der Waals surface area contributed by atoms with E-state index in [2.05, 4.69) is 43.1 Å². The molecule has 0 spiro atoms. The van der Waals surface area contributed by atoms with Crippen molar-refractivity contribution in [1.82, 2.24) is 10.2 Å². The van der Waals surface area contributed by atoms with Crippen molar-refractivity contribution in [3.8, 4) is 0 Å². The van der Waals surface area contributed by atoms with E-state index in [9.17, 15) is 0 Å². The lowest BCUT2D eigenvalue weighted by Crippen LogP contribution is -2.31. The molecule has 1 N–H and O–H groups in total. The molecule has 1 aromatic rings. The molecular formula is C17H29ClN2. The van der Waals surface area contributed by atoms with Crippen LogP contribution in [0.2, 0.25) is 5.02 Å². The molecule has 0 saturated heterocycles. The Labute approximate surface area is 129 Å². The Hall–Kier alpha value is -0.570. The van der Waals surface area contributed by atoms with Gasteiger partial charge in [0, 0.05) is 17.6 Å². The van der Waals surface area contributed by atoms with Crippen molar-refractivity contribution >= 4 is 11.6 Å². The fraction of sp³-hybridized carbons (Fsp3) is 0.647. The van der Waals surface area contributed by atoms with Gasteiger partial charge in [0.1, 0.15) is 0 Å². The highest BCUT2D eigenvalue weighted by Crippen LogP contribution is 2.19. The minimum Gasteiger partial charge on any atom is -0.313 e. The highest BCUT2D eigenvalue weighted by Gasteiger charge is 2.12. The number of nitrogens with one attached hydrogen (secondary N) is 1. The molecule has 2 atom stereocenters. The first-order valence-electron chi connectivity index (χ1n) is 7.75. The maximum absolute atomic E-state index is 5.95. The van der Waals surface area contributed by atoms with Gasteiger partial charge in [0.25, 0.3) is 0 Å². The molecule has 1 rings (SSSR count). The molecular weight excluding hydrogens is 268 g/mol. The summed E-state index contributed by atoms with van der Waals surface area (Å²) in [6, 6.07) is 8.58. The lowest BCUT2D eigenvalue weighted by molar-refractivity contribution is 0.234. The van der Waals surface area contributed by atoms with Gasteiger partial charge in [0.2, 0.25) is 0 Å². The summed E-state index contributed by atoms with van der Waals surface area (Å²) in [7, 11) is 2.03. The summed E-state index contributed by atoms with van der Waals surface area (Å²) in [5.41, 5.74) is 1.32. The van der Waals surface area contributed by atoms with Gasteiger partial charge in [0.05, 0.1) is 0 Å². The van der Waals surface area contributed by atoms with Crippen LogP contribution in [0, 0.1) is 5.92 Å². The van der Waals surface area contributed by atoms with Crippen LogP contribution in [0.5, 0.6) is 0 Å². The SMILES string of the molecule is CCC(C)CN(CC)CCC(NC)c1ccc(Cl)cc1. The van der Waals surface area contributed by atoms with Crippen LogP contribution in [0.25, 0.3) is 0 Å². The number of rotatable bonds is 9. The molecule has 0 aliphatic rings. The lowest BCUT2D eigenvalue weighted by Gasteiger charge is -2.26. The standard InChI is InChI=1S/C17H29ClN2/c1-5-14(3)13-20(6-2)12-11-17(19-4)15-7-9-16(18)10-8-15/h7-10,14,17,19H,5-6,11-13H2,1-4H3. The van der Waals surface area contributed by atoms with Crippen molar-refractivity contribution in [3.63, 3.8) is 0 Å². The first kappa shape index (κ1) is 17.5. The van der Waals surface area contributed by atoms with E-state index in [1.54, 1.807) is 0 Å². The zero-order valence-electron chi connectivity index (χ0n) is 13.3. The summed E-state index contributed by atoms with van der Waals surface area (Å²) in [6.07, 6.45) is 2.38. The second-order valence-electron chi connectivity index (χ2n) is 5.59. The van der Waals surface area contributed by atoms with Crippen LogP contribution in [-0.2, 0) is 0 Å². The Morgan fingerprint density at radius 2 is 1.85 bits per heavy atom. The van der Waals surface area contributed by atoms with Crippen LogP contribution in [-0.4, -0.2) is 31.6 Å². The quantitative estimate of drug-likeness (QED) is 0.728. The number of hydrogen-bond donors (Lipinski definition) is 1. The molecule has 0 bridgehead atoms. The first-order valence-corrected chi connectivity index (χ1v) is 8.13. The monoisotopic (exact) mass is 296 g/mol. The summed E-state index contributed by atoms with van der Waals surface area (Å²) < 4.78 is 0. The maximum Gasteiger partial charge on any atom is 0.0406 e. The lowest BCUT2D eigenvalue weighted by atomic mass is 10.0. The fourth-order valence-corrected chi connectivity index (χ4v) is 2.56. The van der Waals surface area contributed by atoms with E-state index in [1.807, 2.05) is 19.2 Å². The summed E-state index contributed by atoms with van der Waals surface area (Å²) >= 11 is 5.95. The second-order valence-corrected chi connectivity index (χ2v) is 6.02. The minimum atomic E-state index is 0.401. The average molecular weight is 297 g/mol. The van der Waals surface area contributed by atoms with Crippen LogP contribution < -0.4 is 5.32 Å². The molecule has 0 aliphatic carbocycles. The summed E-state index contributed by atoms with van der Waals surface area (Å²) in [5, 5.41) is 4.22. The predicted molar refractivity (Wildman–Crippen MR) is 89.4 cm³/mol. The predicted octanol–water partition coefficient (Wildman–Crippen LogP) is 4.36. The Morgan fingerprint density at radius 3 is 2.35 bits per heavy atom. The largest absolute Gasteiger partial charge is 0.313 e. The molecule has 0 aliphatic heterocycles. The zero-order valence-corrected chi connectivity index (χ0v) is 14.1. The molecule has 0 heterocycles. The Balaban J connectivity index is 2.53. The van der Waals surface area contributed by atoms with Crippen molar-refractivity contribution in [2.24, 2.45) is 5.92 Å². The smallest absolute Gasteiger partial charge is 0.0406 e. The van der Waals surface area contributed by atoms with Crippen LogP contribution in [0.4, 0.5) is 0 Å². The average Bonchev–Trinajstić information content (AvgIpc) is 2.47. The van der Waals surface area contributed by atoms with Crippen molar-refractivity contribution in [2.75, 3.05) is 26.7 Å². The van der Waals surface area contributed by atoms with Crippen molar-refractivity contribution in [2.45, 2.75) is 39.7 Å². The Morgan fingerprint density at radius 1 is 1.20 bits per heavy atom. The van der Waals surface area contributed by atoms with Gasteiger partial charge < -0.3 is 10.2 Å². The number of benzene rings is 1. The van der Waals surface area contributed by atoms with E-state index < -0.39 is 0 Å². The third-order valence-corrected chi connectivity index (χ3v) is 4.32. The van der Waals surface area contributed by atoms with Gasteiger partial charge in [-0.05, 0) is 50.2 Å². The normalized spacial score (nSPS) is 14.5. The fourth-order valence-electron chi connectivity index (χ4n) is 2.43. The van der Waals surface area contributed by atoms with Gasteiger partial charge in [-0.2, -0.15) is 0 Å². The first-order chi connectivity index (χ1) is 9.60. The van der Waals surface area contributed by atoms with Gasteiger partial charge in [0.15, 0.2) is 0 Å². The minimum absolute atomic E-state index is 0.401. The van der Waals surface area contributed by atoms with E-state index in [1.165, 1.54) is 18.5 Å². The van der Waals surface area contributed by atoms with Gasteiger partial charge in [-0.25, -0.2) is 0 Å². The molecule has 3 heteroatoms. The van der Waals surface area contributed by atoms with E-state index in [4.69, 9.17) is 11.6 Å². The molecule has 0 amide bonds. The van der Waals surface area contributed by atoms with E-state index in [0.29, 0.717) is 6.04 Å². The number of hydrogen-bond acceptors (Lipinski definition) is 2. The van der Waals surface area contributed by atoms with Crippen LogP contribution in [0.15, 0.2) is 24.3 Å². The van der Waals surface area contributed by atoms with Gasteiger partial charge in [-0.1, -0.05) is 50.9 Å². The molecule has 0 aromatic heterocycles. The summed E-state index contributed by atoms with van der Waals surface area (Å²) in [6.45, 7) is 10.3. The maximum atomic E-state index is 5.95. The molecule has 114 valence electrons. The third kappa shape index (κ3) is 5.82. The van der Waals surface area contributed by atoms with Crippen molar-refractivity contribution in [1.29, 1.82) is 0 Å². The van der Waals surface area contributed by atoms with E-state index >= 15 is 0 Å². The third-order valence-electron chi connectivity index (χ3n) is 4.07. The molecule has 0 radical (unpaired) electrons. The van der Waals surface area contributed by atoms with E-state index in [0.717, 1.165) is 30.5 Å². The highest BCUT2D eigenvalue weighted by atomic mass is 35.5. The molecule has 20 heavy (non-hydrogen) atoms. The molecule has 2 unspecified atom stereocenters. The summed E-state index contributed by atoms with van der Waals surface area (Å²) in [5.74, 6) is 0.776. The number of halogens is 1. The Kier molecular flexibility index (Phi) is 8.20. The molecule has 0 saturated carbocycles. The Bertz CT molecular complexity index is 364. The summed E-state index contributed by atoms with van der Waals surface area (Å²) in [4.78, 5) is 2.55. The number of nitrogens with zero attached hydrogens (tertiary/aromatic N) is 1. The highest BCUT2D eigenvalue weighted by molar-refractivity contribution is 6.30. The topological polar surface area (TPSA) is 15.3 Å². The second kappa shape index (κ2) is 9.38. The molecule has 2 nitrogen and oxygen atoms in total. The van der Waals surface area contributed by atoms with Crippen LogP contribution >= 0.6 is 11.6 Å². The molecule has 1 aromatic carbocycles. The van der Waals surface area contributed by atoms with Crippen LogP contribution in [0.3, 0.4) is 0 Å². The zero-order chi connectivity index (χ0) is 15.0. The van der Waals surface area contributed by atoms with E-state index in [-0.39, 0.29) is 0 Å². The van der Waals surface area contributed by atoms with Crippen molar-refractivity contribution in [3.05, 3.63) is 34.9 Å².